The van der Waals surface area contributed by atoms with Gasteiger partial charge in [-0.15, -0.1) is 11.8 Å². The van der Waals surface area contributed by atoms with Crippen LogP contribution in [-0.2, 0) is 6.54 Å². The molecule has 16 heavy (non-hydrogen) atoms. The number of thioether (sulfide) groups is 1. The van der Waals surface area contributed by atoms with Gasteiger partial charge in [0.2, 0.25) is 0 Å². The minimum absolute atomic E-state index is 0.896. The lowest BCUT2D eigenvalue weighted by Crippen LogP contribution is -2.01. The van der Waals surface area contributed by atoms with Crippen LogP contribution in [0.3, 0.4) is 0 Å². The number of hydrogen-bond acceptors (Lipinski definition) is 3. The van der Waals surface area contributed by atoms with Gasteiger partial charge in [0.05, 0.1) is 6.54 Å². The summed E-state index contributed by atoms with van der Waals surface area (Å²) in [7, 11) is 0. The van der Waals surface area contributed by atoms with Crippen LogP contribution in [0.2, 0.25) is 0 Å². The fraction of sp³-hybridized carbons (Fsp3) is 0.250. The lowest BCUT2D eigenvalue weighted by molar-refractivity contribution is 0.666. The maximum atomic E-state index is 6.00. The summed E-state index contributed by atoms with van der Waals surface area (Å²) in [6, 6.07) is 8.08. The Bertz CT molecular complexity index is 451. The number of hydrogen-bond donors (Lipinski definition) is 1. The minimum atomic E-state index is 0.896. The van der Waals surface area contributed by atoms with Crippen molar-refractivity contribution in [2.45, 2.75) is 18.4 Å². The SMILES string of the molecule is Cc1cccc(SCCn2cccn2)c1N. The number of benzene rings is 1. The second-order valence-electron chi connectivity index (χ2n) is 3.60. The zero-order valence-electron chi connectivity index (χ0n) is 9.26. The third-order valence-corrected chi connectivity index (χ3v) is 3.47. The third kappa shape index (κ3) is 2.58. The number of nitrogens with two attached hydrogens (primary N) is 1. The molecule has 2 aromatic rings. The first-order valence-electron chi connectivity index (χ1n) is 5.22. The molecule has 0 bridgehead atoms. The highest BCUT2D eigenvalue weighted by Crippen LogP contribution is 2.27. The number of aryl methyl sites for hydroxylation is 2. The van der Waals surface area contributed by atoms with E-state index in [4.69, 9.17) is 5.73 Å². The monoisotopic (exact) mass is 233 g/mol. The molecule has 0 aliphatic carbocycles. The van der Waals surface area contributed by atoms with E-state index in [9.17, 15) is 0 Å². The van der Waals surface area contributed by atoms with Crippen molar-refractivity contribution >= 4 is 17.4 Å². The molecular formula is C12H15N3S. The summed E-state index contributed by atoms with van der Waals surface area (Å²) in [5, 5.41) is 4.16. The molecule has 0 spiro atoms. The molecule has 0 radical (unpaired) electrons. The summed E-state index contributed by atoms with van der Waals surface area (Å²) in [6.07, 6.45) is 3.77. The number of aromatic nitrogens is 2. The number of rotatable bonds is 4. The maximum absolute atomic E-state index is 6.00. The van der Waals surface area contributed by atoms with E-state index >= 15 is 0 Å². The van der Waals surface area contributed by atoms with E-state index in [1.165, 1.54) is 0 Å². The molecule has 1 aromatic heterocycles. The van der Waals surface area contributed by atoms with Gasteiger partial charge < -0.3 is 5.73 Å². The topological polar surface area (TPSA) is 43.8 Å². The van der Waals surface area contributed by atoms with E-state index < -0.39 is 0 Å². The van der Waals surface area contributed by atoms with Crippen LogP contribution in [0.4, 0.5) is 5.69 Å². The van der Waals surface area contributed by atoms with Crippen LogP contribution in [0.1, 0.15) is 5.56 Å². The van der Waals surface area contributed by atoms with E-state index in [0.717, 1.165) is 28.4 Å². The molecule has 0 saturated carbocycles. The van der Waals surface area contributed by atoms with Gasteiger partial charge in [0.25, 0.3) is 0 Å². The van der Waals surface area contributed by atoms with E-state index in [0.29, 0.717) is 0 Å². The van der Waals surface area contributed by atoms with Gasteiger partial charge in [-0.05, 0) is 24.6 Å². The molecule has 2 rings (SSSR count). The van der Waals surface area contributed by atoms with Gasteiger partial charge in [0, 0.05) is 28.7 Å². The van der Waals surface area contributed by atoms with Crippen molar-refractivity contribution in [2.24, 2.45) is 0 Å². The number of nitrogens with zero attached hydrogens (tertiary/aromatic N) is 2. The van der Waals surface area contributed by atoms with Crippen LogP contribution in [0, 0.1) is 6.92 Å². The molecule has 0 fully saturated rings. The summed E-state index contributed by atoms with van der Waals surface area (Å²) in [6.45, 7) is 2.94. The number of nitrogen functional groups attached to an aromatic ring is 1. The maximum Gasteiger partial charge on any atom is 0.0503 e. The van der Waals surface area contributed by atoms with E-state index in [1.54, 1.807) is 18.0 Å². The lowest BCUT2D eigenvalue weighted by Gasteiger charge is -2.07. The molecule has 1 aromatic carbocycles. The van der Waals surface area contributed by atoms with Crippen LogP contribution in [0.15, 0.2) is 41.6 Å². The summed E-state index contributed by atoms with van der Waals surface area (Å²) in [5.74, 6) is 0.981. The highest BCUT2D eigenvalue weighted by molar-refractivity contribution is 7.99. The fourth-order valence-electron chi connectivity index (χ4n) is 1.46. The first kappa shape index (κ1) is 11.1. The Morgan fingerprint density at radius 2 is 2.25 bits per heavy atom. The lowest BCUT2D eigenvalue weighted by atomic mass is 10.2. The molecule has 0 amide bonds. The molecule has 84 valence electrons. The zero-order valence-corrected chi connectivity index (χ0v) is 10.1. The van der Waals surface area contributed by atoms with Crippen molar-refractivity contribution in [1.82, 2.24) is 9.78 Å². The summed E-state index contributed by atoms with van der Waals surface area (Å²) >= 11 is 1.77. The Labute approximate surface area is 99.7 Å². The largest absolute Gasteiger partial charge is 0.398 e. The molecule has 0 aliphatic rings. The van der Waals surface area contributed by atoms with Crippen LogP contribution in [0.5, 0.6) is 0 Å². The number of para-hydroxylation sites is 1. The van der Waals surface area contributed by atoms with Crippen molar-refractivity contribution < 1.29 is 0 Å². The zero-order chi connectivity index (χ0) is 11.4. The quantitative estimate of drug-likeness (QED) is 0.652. The minimum Gasteiger partial charge on any atom is -0.398 e. The molecule has 0 saturated heterocycles. The number of anilines is 1. The third-order valence-electron chi connectivity index (χ3n) is 2.42. The van der Waals surface area contributed by atoms with Crippen LogP contribution < -0.4 is 5.73 Å². The van der Waals surface area contributed by atoms with Crippen LogP contribution in [0.25, 0.3) is 0 Å². The average molecular weight is 233 g/mol. The molecule has 4 heteroatoms. The van der Waals surface area contributed by atoms with Crippen molar-refractivity contribution in [3.05, 3.63) is 42.2 Å². The van der Waals surface area contributed by atoms with Crippen LogP contribution in [-0.4, -0.2) is 15.5 Å². The van der Waals surface area contributed by atoms with Crippen molar-refractivity contribution in [1.29, 1.82) is 0 Å². The first-order valence-corrected chi connectivity index (χ1v) is 6.21. The Balaban J connectivity index is 1.92. The van der Waals surface area contributed by atoms with Gasteiger partial charge in [-0.2, -0.15) is 5.10 Å². The predicted octanol–water partition coefficient (Wildman–Crippen LogP) is 2.57. The molecular weight excluding hydrogens is 218 g/mol. The Morgan fingerprint density at radius 1 is 1.38 bits per heavy atom. The van der Waals surface area contributed by atoms with Crippen molar-refractivity contribution in [2.75, 3.05) is 11.5 Å². The highest BCUT2D eigenvalue weighted by Gasteiger charge is 2.01. The Hall–Kier alpha value is -1.42. The van der Waals surface area contributed by atoms with Gasteiger partial charge in [-0.3, -0.25) is 4.68 Å². The van der Waals surface area contributed by atoms with Crippen molar-refractivity contribution in [3.8, 4) is 0 Å². The molecule has 1 heterocycles. The highest BCUT2D eigenvalue weighted by atomic mass is 32.2. The second-order valence-corrected chi connectivity index (χ2v) is 4.74. The van der Waals surface area contributed by atoms with Gasteiger partial charge >= 0.3 is 0 Å². The van der Waals surface area contributed by atoms with E-state index in [-0.39, 0.29) is 0 Å². The van der Waals surface area contributed by atoms with Gasteiger partial charge in [0.1, 0.15) is 0 Å². The fourth-order valence-corrected chi connectivity index (χ4v) is 2.45. The molecule has 0 atom stereocenters. The average Bonchev–Trinajstić information content (AvgIpc) is 2.77. The standard InChI is InChI=1S/C12H15N3S/c1-10-4-2-5-11(12(10)13)16-9-8-15-7-3-6-14-15/h2-7H,8-9,13H2,1H3. The molecule has 2 N–H and O–H groups in total. The summed E-state index contributed by atoms with van der Waals surface area (Å²) in [4.78, 5) is 1.16. The van der Waals surface area contributed by atoms with E-state index in [1.807, 2.05) is 36.0 Å². The summed E-state index contributed by atoms with van der Waals surface area (Å²) < 4.78 is 1.93. The predicted molar refractivity (Wildman–Crippen MR) is 68.5 cm³/mol. The molecule has 3 nitrogen and oxygen atoms in total. The normalized spacial score (nSPS) is 10.6. The summed E-state index contributed by atoms with van der Waals surface area (Å²) in [5.41, 5.74) is 8.04. The molecule has 0 aliphatic heterocycles. The Morgan fingerprint density at radius 3 is 3.00 bits per heavy atom. The van der Waals surface area contributed by atoms with Crippen LogP contribution >= 0.6 is 11.8 Å². The Kier molecular flexibility index (Phi) is 3.51. The second kappa shape index (κ2) is 5.07. The molecule has 0 unspecified atom stereocenters. The smallest absolute Gasteiger partial charge is 0.0503 e. The van der Waals surface area contributed by atoms with Crippen molar-refractivity contribution in [3.63, 3.8) is 0 Å². The van der Waals surface area contributed by atoms with Gasteiger partial charge in [-0.1, -0.05) is 12.1 Å². The first-order chi connectivity index (χ1) is 7.77. The van der Waals surface area contributed by atoms with E-state index in [2.05, 4.69) is 11.2 Å². The van der Waals surface area contributed by atoms with Gasteiger partial charge in [0.15, 0.2) is 0 Å². The van der Waals surface area contributed by atoms with Gasteiger partial charge in [-0.25, -0.2) is 0 Å².